The molecule has 1 aromatic carbocycles. The fourth-order valence-corrected chi connectivity index (χ4v) is 1.55. The monoisotopic (exact) mass is 282 g/mol. The quantitative estimate of drug-likeness (QED) is 0.904. The van der Waals surface area contributed by atoms with Gasteiger partial charge in [-0.15, -0.1) is 0 Å². The van der Waals surface area contributed by atoms with E-state index in [4.69, 9.17) is 27.2 Å². The maximum Gasteiger partial charge on any atom is 0.338 e. The van der Waals surface area contributed by atoms with Crippen molar-refractivity contribution in [2.75, 3.05) is 5.73 Å². The largest absolute Gasteiger partial charge is 0.478 e. The standard InChI is InChI=1S/C12H8ClFN2O3/c13-7-2-1-3-8(9(7)14)19-11-10(15)6(12(17)18)4-5-16-11/h1-5H,15H2,(H,17,18). The number of benzene rings is 1. The Morgan fingerprint density at radius 2 is 2.16 bits per heavy atom. The van der Waals surface area contributed by atoms with E-state index in [-0.39, 0.29) is 27.9 Å². The van der Waals surface area contributed by atoms with E-state index < -0.39 is 11.8 Å². The van der Waals surface area contributed by atoms with E-state index in [9.17, 15) is 9.18 Å². The number of hydrogen-bond donors (Lipinski definition) is 2. The van der Waals surface area contributed by atoms with Gasteiger partial charge in [0.25, 0.3) is 0 Å². The molecular weight excluding hydrogens is 275 g/mol. The van der Waals surface area contributed by atoms with Gasteiger partial charge in [-0.2, -0.15) is 0 Å². The van der Waals surface area contributed by atoms with Crippen molar-refractivity contribution >= 4 is 23.3 Å². The summed E-state index contributed by atoms with van der Waals surface area (Å²) in [5.74, 6) is -2.38. The van der Waals surface area contributed by atoms with Crippen molar-refractivity contribution in [1.82, 2.24) is 4.98 Å². The molecular formula is C12H8ClFN2O3. The highest BCUT2D eigenvalue weighted by atomic mass is 35.5. The summed E-state index contributed by atoms with van der Waals surface area (Å²) in [5, 5.41) is 8.78. The van der Waals surface area contributed by atoms with E-state index in [1.54, 1.807) is 0 Å². The average molecular weight is 283 g/mol. The van der Waals surface area contributed by atoms with Crippen molar-refractivity contribution in [3.05, 3.63) is 46.9 Å². The number of nitrogens with zero attached hydrogens (tertiary/aromatic N) is 1. The SMILES string of the molecule is Nc1c(C(=O)O)ccnc1Oc1cccc(Cl)c1F. The van der Waals surface area contributed by atoms with Gasteiger partial charge in [0.2, 0.25) is 5.88 Å². The number of hydrogen-bond acceptors (Lipinski definition) is 4. The van der Waals surface area contributed by atoms with Crippen molar-refractivity contribution in [3.63, 3.8) is 0 Å². The van der Waals surface area contributed by atoms with Gasteiger partial charge < -0.3 is 15.6 Å². The topological polar surface area (TPSA) is 85.4 Å². The molecule has 0 spiro atoms. The lowest BCUT2D eigenvalue weighted by Crippen LogP contribution is -2.05. The number of anilines is 1. The van der Waals surface area contributed by atoms with Crippen LogP contribution in [0.15, 0.2) is 30.5 Å². The molecule has 3 N–H and O–H groups in total. The van der Waals surface area contributed by atoms with Crippen molar-refractivity contribution in [2.24, 2.45) is 0 Å². The summed E-state index contributed by atoms with van der Waals surface area (Å²) >= 11 is 5.60. The summed E-state index contributed by atoms with van der Waals surface area (Å²) in [5.41, 5.74) is 5.24. The van der Waals surface area contributed by atoms with E-state index in [0.29, 0.717) is 0 Å². The minimum Gasteiger partial charge on any atom is -0.478 e. The fourth-order valence-electron chi connectivity index (χ4n) is 1.39. The van der Waals surface area contributed by atoms with E-state index >= 15 is 0 Å². The van der Waals surface area contributed by atoms with Crippen LogP contribution in [0.3, 0.4) is 0 Å². The Kier molecular flexibility index (Phi) is 3.52. The number of halogens is 2. The number of nitrogen functional groups attached to an aromatic ring is 1. The van der Waals surface area contributed by atoms with Crippen LogP contribution in [0.5, 0.6) is 11.6 Å². The van der Waals surface area contributed by atoms with Crippen LogP contribution in [0.1, 0.15) is 10.4 Å². The number of aromatic nitrogens is 1. The first-order valence-electron chi connectivity index (χ1n) is 5.10. The predicted octanol–water partition coefficient (Wildman–Crippen LogP) is 2.95. The zero-order valence-corrected chi connectivity index (χ0v) is 10.2. The number of carboxylic acids is 1. The lowest BCUT2D eigenvalue weighted by atomic mass is 10.2. The second-order valence-corrected chi connectivity index (χ2v) is 3.94. The molecule has 1 aromatic heterocycles. The summed E-state index contributed by atoms with van der Waals surface area (Å²) in [7, 11) is 0. The number of carbonyl (C=O) groups is 1. The molecule has 0 aliphatic heterocycles. The molecule has 2 rings (SSSR count). The zero-order chi connectivity index (χ0) is 14.0. The zero-order valence-electron chi connectivity index (χ0n) is 9.43. The van der Waals surface area contributed by atoms with Gasteiger partial charge in [-0.05, 0) is 18.2 Å². The Labute approximate surface area is 112 Å². The number of ether oxygens (including phenoxy) is 1. The van der Waals surface area contributed by atoms with Gasteiger partial charge in [-0.1, -0.05) is 17.7 Å². The van der Waals surface area contributed by atoms with Gasteiger partial charge in [-0.25, -0.2) is 14.2 Å². The van der Waals surface area contributed by atoms with Crippen LogP contribution in [-0.4, -0.2) is 16.1 Å². The minimum atomic E-state index is -1.23. The molecule has 7 heteroatoms. The predicted molar refractivity (Wildman–Crippen MR) is 67.1 cm³/mol. The van der Waals surface area contributed by atoms with Gasteiger partial charge in [-0.3, -0.25) is 0 Å². The second-order valence-electron chi connectivity index (χ2n) is 3.54. The Morgan fingerprint density at radius 3 is 2.84 bits per heavy atom. The molecule has 0 aliphatic rings. The third-order valence-corrected chi connectivity index (χ3v) is 2.60. The maximum atomic E-state index is 13.6. The van der Waals surface area contributed by atoms with Crippen LogP contribution in [0.4, 0.5) is 10.1 Å². The van der Waals surface area contributed by atoms with Crippen molar-refractivity contribution in [2.45, 2.75) is 0 Å². The summed E-state index contributed by atoms with van der Waals surface area (Å²) < 4.78 is 18.8. The first kappa shape index (κ1) is 13.1. The maximum absolute atomic E-state index is 13.6. The van der Waals surface area contributed by atoms with Crippen molar-refractivity contribution in [3.8, 4) is 11.6 Å². The molecule has 0 atom stereocenters. The van der Waals surface area contributed by atoms with E-state index in [1.807, 2.05) is 0 Å². The third kappa shape index (κ3) is 2.58. The van der Waals surface area contributed by atoms with E-state index in [1.165, 1.54) is 30.5 Å². The third-order valence-electron chi connectivity index (χ3n) is 2.31. The number of nitrogens with two attached hydrogens (primary N) is 1. The first-order chi connectivity index (χ1) is 9.00. The minimum absolute atomic E-state index is 0.120. The summed E-state index contributed by atoms with van der Waals surface area (Å²) in [6.45, 7) is 0. The lowest BCUT2D eigenvalue weighted by Gasteiger charge is -2.09. The molecule has 98 valence electrons. The highest BCUT2D eigenvalue weighted by Crippen LogP contribution is 2.31. The molecule has 0 bridgehead atoms. The number of pyridine rings is 1. The van der Waals surface area contributed by atoms with Crippen LogP contribution in [0.25, 0.3) is 0 Å². The van der Waals surface area contributed by atoms with Gasteiger partial charge in [0.1, 0.15) is 5.69 Å². The Balaban J connectivity index is 2.42. The van der Waals surface area contributed by atoms with Crippen molar-refractivity contribution in [1.29, 1.82) is 0 Å². The van der Waals surface area contributed by atoms with Crippen LogP contribution < -0.4 is 10.5 Å². The van der Waals surface area contributed by atoms with Gasteiger partial charge in [0, 0.05) is 6.20 Å². The highest BCUT2D eigenvalue weighted by molar-refractivity contribution is 6.30. The molecule has 0 saturated heterocycles. The fraction of sp³-hybridized carbons (Fsp3) is 0. The average Bonchev–Trinajstić information content (AvgIpc) is 2.37. The van der Waals surface area contributed by atoms with Crippen LogP contribution >= 0.6 is 11.6 Å². The molecule has 0 saturated carbocycles. The van der Waals surface area contributed by atoms with Gasteiger partial charge in [0.05, 0.1) is 10.6 Å². The van der Waals surface area contributed by atoms with Gasteiger partial charge >= 0.3 is 5.97 Å². The molecule has 19 heavy (non-hydrogen) atoms. The van der Waals surface area contributed by atoms with Crippen LogP contribution in [-0.2, 0) is 0 Å². The molecule has 0 radical (unpaired) electrons. The molecule has 1 heterocycles. The Bertz CT molecular complexity index is 649. The van der Waals surface area contributed by atoms with Gasteiger partial charge in [0.15, 0.2) is 11.6 Å². The Hall–Kier alpha value is -2.34. The van der Waals surface area contributed by atoms with Crippen molar-refractivity contribution < 1.29 is 19.0 Å². The molecule has 2 aromatic rings. The second kappa shape index (κ2) is 5.11. The number of aromatic carboxylic acids is 1. The summed E-state index contributed by atoms with van der Waals surface area (Å²) in [4.78, 5) is 14.7. The van der Waals surface area contributed by atoms with E-state index in [0.717, 1.165) is 0 Å². The van der Waals surface area contributed by atoms with Crippen LogP contribution in [0.2, 0.25) is 5.02 Å². The highest BCUT2D eigenvalue weighted by Gasteiger charge is 2.16. The lowest BCUT2D eigenvalue weighted by molar-refractivity contribution is 0.0697. The number of rotatable bonds is 3. The molecule has 5 nitrogen and oxygen atoms in total. The van der Waals surface area contributed by atoms with E-state index in [2.05, 4.69) is 4.98 Å². The molecule has 0 amide bonds. The first-order valence-corrected chi connectivity index (χ1v) is 5.48. The number of carboxylic acid groups (broad SMARTS) is 1. The molecule has 0 unspecified atom stereocenters. The molecule has 0 aliphatic carbocycles. The van der Waals surface area contributed by atoms with Crippen LogP contribution in [0, 0.1) is 5.82 Å². The molecule has 0 fully saturated rings. The Morgan fingerprint density at radius 1 is 1.42 bits per heavy atom. The summed E-state index contributed by atoms with van der Waals surface area (Å²) in [6.07, 6.45) is 1.21. The smallest absolute Gasteiger partial charge is 0.338 e. The summed E-state index contributed by atoms with van der Waals surface area (Å²) in [6, 6.07) is 5.39. The normalized spacial score (nSPS) is 10.2.